The van der Waals surface area contributed by atoms with Crippen molar-refractivity contribution < 1.29 is 32.3 Å². The summed E-state index contributed by atoms with van der Waals surface area (Å²) < 4.78 is 43.9. The number of halogens is 3. The fourth-order valence-electron chi connectivity index (χ4n) is 5.34. The van der Waals surface area contributed by atoms with E-state index in [1.165, 1.54) is 5.56 Å². The molecule has 2 saturated heterocycles. The molecule has 0 aliphatic carbocycles. The number of nitrogens with one attached hydrogen (secondary N) is 2. The monoisotopic (exact) mass is 602 g/mol. The summed E-state index contributed by atoms with van der Waals surface area (Å²) in [4.78, 5) is 29.0. The fourth-order valence-corrected chi connectivity index (χ4v) is 5.34. The van der Waals surface area contributed by atoms with Gasteiger partial charge in [-0.05, 0) is 53.0 Å². The van der Waals surface area contributed by atoms with Crippen molar-refractivity contribution in [1.82, 2.24) is 20.6 Å². The molecule has 2 fully saturated rings. The smallest absolute Gasteiger partial charge is 0.380 e. The van der Waals surface area contributed by atoms with Crippen molar-refractivity contribution in [2.75, 3.05) is 19.8 Å². The van der Waals surface area contributed by atoms with Gasteiger partial charge in [-0.1, -0.05) is 66.7 Å². The minimum atomic E-state index is -5.22. The van der Waals surface area contributed by atoms with Crippen LogP contribution in [-0.4, -0.2) is 59.1 Å². The highest BCUT2D eigenvalue weighted by molar-refractivity contribution is 6.02. The summed E-state index contributed by atoms with van der Waals surface area (Å²) in [6.45, 7) is 2.12. The third-order valence-corrected chi connectivity index (χ3v) is 7.70. The van der Waals surface area contributed by atoms with Crippen molar-refractivity contribution in [3.63, 3.8) is 0 Å². The molecule has 11 heteroatoms. The number of ether oxygens (including phenoxy) is 1. The van der Waals surface area contributed by atoms with Crippen molar-refractivity contribution in [1.29, 1.82) is 0 Å². The van der Waals surface area contributed by atoms with Gasteiger partial charge in [-0.15, -0.1) is 0 Å². The number of rotatable bonds is 8. The van der Waals surface area contributed by atoms with Gasteiger partial charge in [0.25, 0.3) is 5.91 Å². The van der Waals surface area contributed by atoms with Gasteiger partial charge < -0.3 is 14.9 Å². The third kappa shape index (κ3) is 6.58. The average molecular weight is 603 g/mol. The van der Waals surface area contributed by atoms with Crippen LogP contribution in [0.1, 0.15) is 40.3 Å². The predicted molar refractivity (Wildman–Crippen MR) is 159 cm³/mol. The third-order valence-electron chi connectivity index (χ3n) is 7.70. The number of hydrogen-bond donors (Lipinski definition) is 2. The lowest BCUT2D eigenvalue weighted by molar-refractivity contribution is -0.233. The van der Waals surface area contributed by atoms with Crippen LogP contribution in [0.2, 0.25) is 0 Å². The number of amides is 1. The van der Waals surface area contributed by atoms with Gasteiger partial charge >= 0.3 is 12.1 Å². The SMILES string of the molecule is O=C1/C(=C/c2ccc3c(/C=C/c4ccc(CN[C@H]5CCOC5)cc4)n[nH]c3c2)[C@H](c2ccccc2)CN1OC(=O)C(F)(F)F. The van der Waals surface area contributed by atoms with Crippen LogP contribution < -0.4 is 5.32 Å². The van der Waals surface area contributed by atoms with Crippen molar-refractivity contribution in [3.05, 3.63) is 106 Å². The first kappa shape index (κ1) is 29.3. The maximum absolute atomic E-state index is 13.1. The molecule has 226 valence electrons. The molecule has 0 bridgehead atoms. The van der Waals surface area contributed by atoms with Crippen LogP contribution >= 0.6 is 0 Å². The zero-order valence-corrected chi connectivity index (χ0v) is 23.5. The molecule has 3 aromatic carbocycles. The van der Waals surface area contributed by atoms with E-state index in [9.17, 15) is 22.8 Å². The van der Waals surface area contributed by atoms with Crippen LogP contribution in [0.15, 0.2) is 78.4 Å². The van der Waals surface area contributed by atoms with Crippen molar-refractivity contribution >= 4 is 41.0 Å². The highest BCUT2D eigenvalue weighted by Crippen LogP contribution is 2.36. The van der Waals surface area contributed by atoms with E-state index in [-0.39, 0.29) is 12.1 Å². The Kier molecular flexibility index (Phi) is 8.32. The highest BCUT2D eigenvalue weighted by Gasteiger charge is 2.46. The number of carbonyl (C=O) groups excluding carboxylic acids is 2. The Morgan fingerprint density at radius 2 is 1.84 bits per heavy atom. The summed E-state index contributed by atoms with van der Waals surface area (Å²) >= 11 is 0. The van der Waals surface area contributed by atoms with E-state index in [4.69, 9.17) is 4.74 Å². The number of aromatic amines is 1. The molecule has 2 atom stereocenters. The number of benzene rings is 3. The summed E-state index contributed by atoms with van der Waals surface area (Å²) in [5, 5.41) is 12.3. The maximum atomic E-state index is 13.1. The van der Waals surface area contributed by atoms with Gasteiger partial charge in [0.15, 0.2) is 0 Å². The fraction of sp³-hybridized carbons (Fsp3) is 0.242. The lowest BCUT2D eigenvalue weighted by atomic mass is 9.92. The Hall–Kier alpha value is -4.74. The van der Waals surface area contributed by atoms with Gasteiger partial charge in [-0.25, -0.2) is 4.79 Å². The molecule has 4 aromatic rings. The van der Waals surface area contributed by atoms with E-state index in [2.05, 4.69) is 44.6 Å². The van der Waals surface area contributed by atoms with Crippen LogP contribution in [0.25, 0.3) is 29.1 Å². The number of hydrogen-bond acceptors (Lipinski definition) is 6. The Bertz CT molecular complexity index is 1710. The number of aromatic nitrogens is 2. The van der Waals surface area contributed by atoms with Crippen molar-refractivity contribution in [2.24, 2.45) is 0 Å². The van der Waals surface area contributed by atoms with E-state index in [0.717, 1.165) is 48.3 Å². The molecular formula is C33H29F3N4O4. The van der Waals surface area contributed by atoms with Crippen LogP contribution in [0.3, 0.4) is 0 Å². The van der Waals surface area contributed by atoms with Gasteiger partial charge in [-0.3, -0.25) is 9.89 Å². The number of hydroxylamine groups is 2. The first-order valence-electron chi connectivity index (χ1n) is 14.2. The molecule has 0 spiro atoms. The summed E-state index contributed by atoms with van der Waals surface area (Å²) in [5.74, 6) is -3.85. The number of fused-ring (bicyclic) bond motifs is 1. The van der Waals surface area contributed by atoms with E-state index in [0.29, 0.717) is 22.2 Å². The topological polar surface area (TPSA) is 96.5 Å². The second kappa shape index (κ2) is 12.5. The maximum Gasteiger partial charge on any atom is 0.493 e. The van der Waals surface area contributed by atoms with Crippen LogP contribution in [0.4, 0.5) is 13.2 Å². The first-order chi connectivity index (χ1) is 21.2. The van der Waals surface area contributed by atoms with E-state index >= 15 is 0 Å². The minimum absolute atomic E-state index is 0.209. The van der Waals surface area contributed by atoms with E-state index in [1.807, 2.05) is 24.3 Å². The Morgan fingerprint density at radius 3 is 2.57 bits per heavy atom. The van der Waals surface area contributed by atoms with Gasteiger partial charge in [0.1, 0.15) is 0 Å². The van der Waals surface area contributed by atoms with Crippen LogP contribution in [0.5, 0.6) is 0 Å². The molecule has 8 nitrogen and oxygen atoms in total. The summed E-state index contributed by atoms with van der Waals surface area (Å²) in [5.41, 5.74) is 5.23. The van der Waals surface area contributed by atoms with Gasteiger partial charge in [-0.2, -0.15) is 23.3 Å². The Morgan fingerprint density at radius 1 is 1.07 bits per heavy atom. The zero-order valence-electron chi connectivity index (χ0n) is 23.5. The average Bonchev–Trinajstić information content (AvgIpc) is 3.76. The minimum Gasteiger partial charge on any atom is -0.380 e. The van der Waals surface area contributed by atoms with E-state index in [1.54, 1.807) is 42.5 Å². The molecule has 0 radical (unpaired) electrons. The Labute approximate surface area is 251 Å². The van der Waals surface area contributed by atoms with Gasteiger partial charge in [0.05, 0.1) is 24.4 Å². The Balaban J connectivity index is 1.19. The molecule has 1 amide bonds. The summed E-state index contributed by atoms with van der Waals surface area (Å²) in [6, 6.07) is 23.0. The van der Waals surface area contributed by atoms with Crippen LogP contribution in [-0.2, 0) is 25.7 Å². The molecule has 1 aromatic heterocycles. The molecule has 0 unspecified atom stereocenters. The molecular weight excluding hydrogens is 573 g/mol. The lowest BCUT2D eigenvalue weighted by Crippen LogP contribution is -2.35. The molecule has 44 heavy (non-hydrogen) atoms. The molecule has 3 heterocycles. The molecule has 6 rings (SSSR count). The number of H-pyrrole nitrogens is 1. The highest BCUT2D eigenvalue weighted by atomic mass is 19.4. The largest absolute Gasteiger partial charge is 0.493 e. The number of alkyl halides is 3. The molecule has 0 saturated carbocycles. The molecule has 2 N–H and O–H groups in total. The lowest BCUT2D eigenvalue weighted by Gasteiger charge is -2.16. The predicted octanol–water partition coefficient (Wildman–Crippen LogP) is 5.64. The second-order valence-corrected chi connectivity index (χ2v) is 10.7. The summed E-state index contributed by atoms with van der Waals surface area (Å²) in [7, 11) is 0. The number of carbonyl (C=O) groups is 2. The van der Waals surface area contributed by atoms with Crippen molar-refractivity contribution in [2.45, 2.75) is 31.1 Å². The normalized spacial score (nSPS) is 19.9. The van der Waals surface area contributed by atoms with Gasteiger partial charge in [0.2, 0.25) is 0 Å². The zero-order chi connectivity index (χ0) is 30.7. The van der Waals surface area contributed by atoms with E-state index < -0.39 is 24.0 Å². The van der Waals surface area contributed by atoms with Gasteiger partial charge in [0, 0.05) is 36.1 Å². The quantitative estimate of drug-likeness (QED) is 0.254. The van der Waals surface area contributed by atoms with Crippen LogP contribution in [0, 0.1) is 0 Å². The second-order valence-electron chi connectivity index (χ2n) is 10.7. The number of nitrogens with zero attached hydrogens (tertiary/aromatic N) is 2. The molecule has 2 aliphatic heterocycles. The van der Waals surface area contributed by atoms with Crippen molar-refractivity contribution in [3.8, 4) is 0 Å². The summed E-state index contributed by atoms with van der Waals surface area (Å²) in [6.07, 6.45) is 1.31. The first-order valence-corrected chi connectivity index (χ1v) is 14.2. The standard InChI is InChI=1S/C33H29F3N4O4/c34-33(35,36)32(42)44-40-19-28(24-4-2-1-3-5-24)27(31(40)41)16-23-10-12-26-29(38-39-30(26)17-23)13-11-21-6-8-22(9-7-21)18-37-25-14-15-43-20-25/h1-13,16-17,25,28,37H,14-15,18-20H2,(H,38,39)/b13-11+,27-16+/t25-,28-/m0/s1. The molecule has 2 aliphatic rings.